The Morgan fingerprint density at radius 1 is 1.30 bits per heavy atom. The molecule has 60 valence electrons. The van der Waals surface area contributed by atoms with E-state index in [1.54, 1.807) is 0 Å². The molecule has 0 atom stereocenters. The van der Waals surface area contributed by atoms with Gasteiger partial charge in [0.25, 0.3) is 20.0 Å². The molecular weight excluding hydrogens is 204 g/mol. The summed E-state index contributed by atoms with van der Waals surface area (Å²) in [7, 11) is -2.45. The van der Waals surface area contributed by atoms with Crippen LogP contribution in [-0.2, 0) is 12.3 Å². The average Bonchev–Trinajstić information content (AvgIpc) is 2.03. The second-order valence-corrected chi connectivity index (χ2v) is 8.62. The highest BCUT2D eigenvalue weighted by atomic mass is 35.5. The Labute approximate surface area is 72.0 Å². The molecule has 7 heteroatoms. The normalized spacial score (nSPS) is 31.5. The first-order chi connectivity index (χ1) is 4.93. The van der Waals surface area contributed by atoms with Crippen molar-refractivity contribution in [1.29, 1.82) is 0 Å². The van der Waals surface area contributed by atoms with E-state index in [0.717, 1.165) is 18.3 Å². The summed E-state index contributed by atoms with van der Waals surface area (Å²) in [6.07, 6.45) is 1.03. The summed E-state index contributed by atoms with van der Waals surface area (Å²) in [4.78, 5) is 0. The van der Waals surface area contributed by atoms with E-state index in [-0.39, 0.29) is 0 Å². The molecule has 0 bridgehead atoms. The molecule has 0 aromatic rings. The van der Waals surface area contributed by atoms with E-state index in [0.29, 0.717) is 0 Å². The monoisotopic (exact) mass is 214 g/mol. The molecule has 1 aliphatic rings. The molecule has 0 saturated carbocycles. The van der Waals surface area contributed by atoms with E-state index in [2.05, 4.69) is 0 Å². The highest BCUT2D eigenvalue weighted by molar-refractivity contribution is 6.61. The van der Waals surface area contributed by atoms with E-state index < -0.39 is 29.3 Å². The van der Waals surface area contributed by atoms with Crippen LogP contribution in [0.4, 0.5) is 0 Å². The maximum Gasteiger partial charge on any atom is 0.303 e. The van der Waals surface area contributed by atoms with Gasteiger partial charge in [-0.2, -0.15) is 0 Å². The Kier molecular flexibility index (Phi) is 4.87. The molecule has 0 aromatic carbocycles. The summed E-state index contributed by atoms with van der Waals surface area (Å²) < 4.78 is 15.9. The third kappa shape index (κ3) is 3.28. The van der Waals surface area contributed by atoms with Crippen molar-refractivity contribution < 1.29 is 12.3 Å². The lowest BCUT2D eigenvalue weighted by atomic mass is 10.6. The largest absolute Gasteiger partial charge is 0.425 e. The van der Waals surface area contributed by atoms with Gasteiger partial charge in [-0.25, -0.2) is 0 Å². The van der Waals surface area contributed by atoms with Crippen molar-refractivity contribution in [1.82, 2.24) is 0 Å². The molecule has 10 heavy (non-hydrogen) atoms. The van der Waals surface area contributed by atoms with Crippen LogP contribution >= 0.6 is 11.6 Å². The van der Waals surface area contributed by atoms with Gasteiger partial charge in [0.2, 0.25) is 0 Å². The lowest BCUT2D eigenvalue weighted by molar-refractivity contribution is 0.322. The van der Waals surface area contributed by atoms with E-state index >= 15 is 0 Å². The summed E-state index contributed by atoms with van der Waals surface area (Å²) in [6.45, 7) is 0. The maximum atomic E-state index is 5.52. The number of alkyl halides is 1. The van der Waals surface area contributed by atoms with E-state index in [1.807, 2.05) is 0 Å². The quantitative estimate of drug-likeness (QED) is 0.441. The van der Waals surface area contributed by atoms with Crippen LogP contribution in [0.1, 0.15) is 6.42 Å². The van der Waals surface area contributed by atoms with E-state index in [1.165, 1.54) is 0 Å². The van der Waals surface area contributed by atoms with Gasteiger partial charge in [-0.15, -0.1) is 11.6 Å². The zero-order valence-corrected chi connectivity index (χ0v) is 10.5. The first-order valence-electron chi connectivity index (χ1n) is 3.30. The summed E-state index contributed by atoms with van der Waals surface area (Å²) in [5.74, 6) is 0.722. The fraction of sp³-hybridized carbons (Fsp3) is 1.00. The van der Waals surface area contributed by atoms with Crippen molar-refractivity contribution in [2.75, 3.05) is 5.88 Å². The van der Waals surface area contributed by atoms with Crippen LogP contribution < -0.4 is 0 Å². The zero-order valence-electron chi connectivity index (χ0n) is 5.72. The predicted molar refractivity (Wildman–Crippen MR) is 47.6 cm³/mol. The molecule has 0 amide bonds. The highest BCUT2D eigenvalue weighted by Gasteiger charge is 2.16. The summed E-state index contributed by atoms with van der Waals surface area (Å²) in [5, 5.41) is 0. The molecule has 1 fully saturated rings. The van der Waals surface area contributed by atoms with Gasteiger partial charge in [-0.1, -0.05) is 0 Å². The minimum atomic E-state index is -1.23. The first kappa shape index (κ1) is 8.91. The molecule has 1 rings (SSSR count). The Morgan fingerprint density at radius 3 is 2.60 bits per heavy atom. The van der Waals surface area contributed by atoms with Crippen LogP contribution in [0.15, 0.2) is 0 Å². The molecule has 0 spiro atoms. The van der Waals surface area contributed by atoms with E-state index in [4.69, 9.17) is 23.9 Å². The minimum Gasteiger partial charge on any atom is -0.425 e. The fourth-order valence-corrected chi connectivity index (χ4v) is 8.26. The molecule has 1 heterocycles. The Balaban J connectivity index is 2.02. The van der Waals surface area contributed by atoms with Crippen LogP contribution in [0.2, 0.25) is 6.04 Å². The fourth-order valence-electron chi connectivity index (χ4n) is 0.741. The lowest BCUT2D eigenvalue weighted by Gasteiger charge is -2.21. The Bertz CT molecular complexity index is 89.1. The van der Waals surface area contributed by atoms with Gasteiger partial charge in [-0.05, 0) is 12.5 Å². The summed E-state index contributed by atoms with van der Waals surface area (Å²) >= 11 is 5.52. The second kappa shape index (κ2) is 5.47. The van der Waals surface area contributed by atoms with Crippen molar-refractivity contribution in [2.24, 2.45) is 0 Å². The minimum absolute atomic E-state index is 0.612. The number of rotatable bonds is 3. The number of hydrogen-bond donors (Lipinski definition) is 0. The van der Waals surface area contributed by atoms with Gasteiger partial charge in [0.05, 0.1) is 0 Å². The van der Waals surface area contributed by atoms with Crippen molar-refractivity contribution in [3.05, 3.63) is 0 Å². The highest BCUT2D eigenvalue weighted by Crippen LogP contribution is 2.04. The molecule has 3 nitrogen and oxygen atoms in total. The number of hydrogen-bond acceptors (Lipinski definition) is 3. The average molecular weight is 215 g/mol. The standard InChI is InChI=1S/C3H11ClO3Si3/c4-2-1-3-10-6-8-5-9-7-10/h10H,1-3,8-9H2. The van der Waals surface area contributed by atoms with Crippen molar-refractivity contribution >= 4 is 40.9 Å². The molecule has 0 aromatic heterocycles. The number of halogens is 1. The third-order valence-corrected chi connectivity index (χ3v) is 7.79. The molecule has 0 radical (unpaired) electrons. The smallest absolute Gasteiger partial charge is 0.303 e. The summed E-state index contributed by atoms with van der Waals surface area (Å²) in [5.41, 5.74) is 0. The van der Waals surface area contributed by atoms with Crippen molar-refractivity contribution in [3.63, 3.8) is 0 Å². The van der Waals surface area contributed by atoms with Gasteiger partial charge in [0.1, 0.15) is 0 Å². The SMILES string of the molecule is ClCCC[SiH]1O[SiH2]O[SiH2]O1. The van der Waals surface area contributed by atoms with Crippen molar-refractivity contribution in [3.8, 4) is 0 Å². The first-order valence-corrected chi connectivity index (χ1v) is 7.90. The van der Waals surface area contributed by atoms with Crippen LogP contribution in [0, 0.1) is 0 Å². The molecular formula is C3H11ClO3Si3. The molecule has 1 aliphatic heterocycles. The van der Waals surface area contributed by atoms with Gasteiger partial charge in [-0.3, -0.25) is 0 Å². The molecule has 0 unspecified atom stereocenters. The topological polar surface area (TPSA) is 27.7 Å². The van der Waals surface area contributed by atoms with Crippen LogP contribution in [0.25, 0.3) is 0 Å². The molecule has 0 aliphatic carbocycles. The van der Waals surface area contributed by atoms with Crippen molar-refractivity contribution in [2.45, 2.75) is 12.5 Å². The lowest BCUT2D eigenvalue weighted by Crippen LogP contribution is -2.34. The Morgan fingerprint density at radius 2 is 2.00 bits per heavy atom. The van der Waals surface area contributed by atoms with Crippen LogP contribution in [0.3, 0.4) is 0 Å². The third-order valence-electron chi connectivity index (χ3n) is 1.25. The maximum absolute atomic E-state index is 5.52. The Hall–Kier alpha value is 0.821. The predicted octanol–water partition coefficient (Wildman–Crippen LogP) is -1.10. The zero-order chi connectivity index (χ0) is 7.23. The van der Waals surface area contributed by atoms with Gasteiger partial charge >= 0.3 is 9.28 Å². The molecule has 1 saturated heterocycles. The summed E-state index contributed by atoms with van der Waals surface area (Å²) in [6, 6.07) is 1.06. The van der Waals surface area contributed by atoms with Crippen LogP contribution in [-0.4, -0.2) is 35.2 Å². The van der Waals surface area contributed by atoms with Gasteiger partial charge in [0.15, 0.2) is 0 Å². The van der Waals surface area contributed by atoms with Gasteiger partial charge < -0.3 is 12.3 Å². The second-order valence-electron chi connectivity index (χ2n) is 2.03. The molecule has 0 N–H and O–H groups in total. The van der Waals surface area contributed by atoms with Gasteiger partial charge in [0, 0.05) is 5.88 Å². The van der Waals surface area contributed by atoms with Crippen LogP contribution in [0.5, 0.6) is 0 Å². The van der Waals surface area contributed by atoms with E-state index in [9.17, 15) is 0 Å².